The van der Waals surface area contributed by atoms with E-state index in [4.69, 9.17) is 66.3 Å². The maximum atomic E-state index is 13.7. The zero-order chi connectivity index (χ0) is 63.4. The minimum atomic E-state index is -2.06. The number of methoxy groups -OCH3 is 4. The van der Waals surface area contributed by atoms with Crippen molar-refractivity contribution in [3.63, 3.8) is 0 Å². The highest BCUT2D eigenvalue weighted by Gasteiger charge is 2.81. The minimum absolute atomic E-state index is 0.0618. The number of hydrogen-bond donors (Lipinski definition) is 7. The van der Waals surface area contributed by atoms with Gasteiger partial charge in [0.1, 0.15) is 59.5 Å². The van der Waals surface area contributed by atoms with E-state index in [0.29, 0.717) is 38.5 Å². The molecule has 1 aromatic rings. The van der Waals surface area contributed by atoms with Gasteiger partial charge < -0.3 is 102 Å². The van der Waals surface area contributed by atoms with E-state index in [2.05, 4.69) is 6.92 Å². The first-order chi connectivity index (χ1) is 41.8. The van der Waals surface area contributed by atoms with Crippen molar-refractivity contribution in [2.24, 2.45) is 22.7 Å². The zero-order valence-corrected chi connectivity index (χ0v) is 52.8. The number of aliphatic hydroxyl groups is 7. The van der Waals surface area contributed by atoms with E-state index in [1.807, 2.05) is 64.1 Å². The molecule has 88 heavy (non-hydrogen) atoms. The Balaban J connectivity index is 0.723. The number of ketones is 1. The molecule has 4 saturated heterocycles. The van der Waals surface area contributed by atoms with Gasteiger partial charge in [0.05, 0.1) is 72.6 Å². The molecule has 4 heterocycles. The lowest BCUT2D eigenvalue weighted by Gasteiger charge is -2.67. The maximum Gasteiger partial charge on any atom is 0.331 e. The minimum Gasteiger partial charge on any atom is -0.458 e. The van der Waals surface area contributed by atoms with Crippen LogP contribution in [-0.2, 0) is 75.9 Å². The van der Waals surface area contributed by atoms with Crippen molar-refractivity contribution in [3.8, 4) is 0 Å². The van der Waals surface area contributed by atoms with Crippen LogP contribution in [0.5, 0.6) is 0 Å². The van der Waals surface area contributed by atoms with E-state index in [9.17, 15) is 45.3 Å². The van der Waals surface area contributed by atoms with Gasteiger partial charge in [-0.3, -0.25) is 4.79 Å². The van der Waals surface area contributed by atoms with E-state index < -0.39 is 180 Å². The van der Waals surface area contributed by atoms with Gasteiger partial charge in [0.25, 0.3) is 0 Å². The molecule has 0 aromatic heterocycles. The average molecular weight is 1250 g/mol. The van der Waals surface area contributed by atoms with Crippen LogP contribution in [0.25, 0.3) is 6.08 Å². The maximum absolute atomic E-state index is 13.7. The number of rotatable bonds is 19. The van der Waals surface area contributed by atoms with Crippen molar-refractivity contribution >= 4 is 17.8 Å². The summed E-state index contributed by atoms with van der Waals surface area (Å²) >= 11 is 0. The van der Waals surface area contributed by atoms with Gasteiger partial charge in [-0.2, -0.15) is 0 Å². The fourth-order valence-corrected chi connectivity index (χ4v) is 17.0. The van der Waals surface area contributed by atoms with Gasteiger partial charge in [0.2, 0.25) is 0 Å². The number of benzene rings is 1. The van der Waals surface area contributed by atoms with Crippen LogP contribution in [0.4, 0.5) is 0 Å². The molecule has 0 unspecified atom stereocenters. The van der Waals surface area contributed by atoms with Crippen LogP contribution < -0.4 is 0 Å². The van der Waals surface area contributed by atoms with Gasteiger partial charge in [0.15, 0.2) is 30.9 Å². The summed E-state index contributed by atoms with van der Waals surface area (Å²) in [7, 11) is 6.41. The highest BCUT2D eigenvalue weighted by molar-refractivity contribution is 5.88. The Labute approximate surface area is 516 Å². The standard InChI is InChI=1S/C65H98O23/c1-33-57(84-42-25-39(32-66)54(69)56(71)55(42)70)43(75-8)28-51(80-33)86-59-35(3)82-53(30-45(59)77-10)88-60-36(4)81-52(29-46(60)78-11)87-58-34(2)79-50(27-44(58)76-9)83-41-20-21-61(6)40(26-41)19-22-64(73)47(61)31-48(85-49(68)18-17-38-15-13-12-14-16-38)62(7)63(72,37(5)67)23-24-65(62,64)74/h12-19,33-36,39,41-48,50-60,66,69-74H,20-32H2,1-11H3/b18-17+/t33-,34+,35+,36-,39+,41-,42+,43+,44-,45-,46-,47+,48+,50-,51-,52-,53-,54+,55-,56-,57-,58+,59+,60+,61-,62+,63+,64-,65+/m0/s1. The van der Waals surface area contributed by atoms with Crippen molar-refractivity contribution in [3.05, 3.63) is 53.6 Å². The largest absolute Gasteiger partial charge is 0.458 e. The highest BCUT2D eigenvalue weighted by atomic mass is 16.8. The zero-order valence-electron chi connectivity index (χ0n) is 52.8. The first-order valence-corrected chi connectivity index (χ1v) is 31.8. The number of Topliss-reactive ketones (excluding diaryl/α,β-unsaturated/α-hetero) is 1. The molecule has 29 atom stereocenters. The lowest BCUT2D eigenvalue weighted by Crippen LogP contribution is -2.78. The lowest BCUT2D eigenvalue weighted by molar-refractivity contribution is -0.349. The Morgan fingerprint density at radius 1 is 0.614 bits per heavy atom. The summed E-state index contributed by atoms with van der Waals surface area (Å²) in [5.74, 6) is -2.51. The second kappa shape index (κ2) is 27.2. The Hall–Kier alpha value is -2.96. The Morgan fingerprint density at radius 3 is 1.58 bits per heavy atom. The molecular formula is C65H98O23. The fourth-order valence-electron chi connectivity index (χ4n) is 17.0. The van der Waals surface area contributed by atoms with Gasteiger partial charge in [-0.15, -0.1) is 0 Å². The first-order valence-electron chi connectivity index (χ1n) is 31.8. The van der Waals surface area contributed by atoms with E-state index in [-0.39, 0.29) is 51.2 Å². The summed E-state index contributed by atoms with van der Waals surface area (Å²) < 4.78 is 89.2. The van der Waals surface area contributed by atoms with Gasteiger partial charge in [0, 0.05) is 78.6 Å². The van der Waals surface area contributed by atoms with Gasteiger partial charge in [-0.05, 0) is 110 Å². The van der Waals surface area contributed by atoms with Crippen LogP contribution in [0.15, 0.2) is 48.1 Å². The van der Waals surface area contributed by atoms with Gasteiger partial charge in [-0.25, -0.2) is 4.79 Å². The van der Waals surface area contributed by atoms with E-state index in [1.54, 1.807) is 41.4 Å². The topological polar surface area (TPSA) is 305 Å². The van der Waals surface area contributed by atoms with Crippen LogP contribution in [0, 0.1) is 22.7 Å². The molecule has 23 nitrogen and oxygen atoms in total. The van der Waals surface area contributed by atoms with Crippen molar-refractivity contribution in [1.82, 2.24) is 0 Å². The first kappa shape index (κ1) is 67.9. The number of esters is 1. The average Bonchev–Trinajstić information content (AvgIpc) is 1.35. The van der Waals surface area contributed by atoms with Crippen molar-refractivity contribution in [1.29, 1.82) is 0 Å². The molecule has 9 aliphatic rings. The molecule has 4 saturated carbocycles. The number of ether oxygens (including phenoxy) is 14. The van der Waals surface area contributed by atoms with Crippen molar-refractivity contribution in [2.75, 3.05) is 35.0 Å². The highest BCUT2D eigenvalue weighted by Crippen LogP contribution is 2.71. The molecule has 0 spiro atoms. The number of hydrogen-bond acceptors (Lipinski definition) is 23. The van der Waals surface area contributed by atoms with Crippen molar-refractivity contribution < 1.29 is 112 Å². The molecule has 0 radical (unpaired) electrons. The summed E-state index contributed by atoms with van der Waals surface area (Å²) in [5, 5.41) is 79.6. The molecule has 5 aliphatic carbocycles. The number of fused-ring (bicyclic) bond motifs is 5. The fraction of sp³-hybridized carbons (Fsp3) is 0.815. The van der Waals surface area contributed by atoms with E-state index in [0.717, 1.165) is 11.1 Å². The molecule has 0 amide bonds. The smallest absolute Gasteiger partial charge is 0.331 e. The predicted octanol–water partition coefficient (Wildman–Crippen LogP) is 3.72. The van der Waals surface area contributed by atoms with Crippen LogP contribution in [0.1, 0.15) is 131 Å². The Kier molecular flexibility index (Phi) is 21.0. The lowest BCUT2D eigenvalue weighted by atomic mass is 9.42. The molecule has 4 aliphatic heterocycles. The van der Waals surface area contributed by atoms with E-state index in [1.165, 1.54) is 13.0 Å². The molecule has 496 valence electrons. The van der Waals surface area contributed by atoms with Gasteiger partial charge in [-0.1, -0.05) is 48.9 Å². The van der Waals surface area contributed by atoms with E-state index >= 15 is 0 Å². The number of carbonyl (C=O) groups is 2. The number of carbonyl (C=O) groups excluding carboxylic acids is 2. The van der Waals surface area contributed by atoms with Gasteiger partial charge >= 0.3 is 5.97 Å². The SMILES string of the molecule is CO[C@H]1C[C@H](O[C@H]2[C@@H](OC)C[C@H](O[C@H]3CC[C@@]4(C)C(=CC[C@]5(O)[C@@H]4C[C@@H](OC(=O)/C=C/c4ccccc4)[C@@]4(C)[C@]5(O)CC[C@@]4(O)C(C)=O)C3)O[C@@H]2C)O[C@@H](C)[C@H]1O[C@H]1C[C@H](OC)[C@H](O[C@H]2C[C@@H](OC)[C@@H](O[C@@H]3C[C@H](CO)[C@@H](O)[C@H](O)[C@H]3O)[C@H](C)O2)[C@@H](C)O1. The molecular weight excluding hydrogens is 1150 g/mol. The molecule has 8 fully saturated rings. The van der Waals surface area contributed by atoms with Crippen LogP contribution >= 0.6 is 0 Å². The summed E-state index contributed by atoms with van der Waals surface area (Å²) in [6, 6.07) is 9.28. The molecule has 0 bridgehead atoms. The quantitative estimate of drug-likeness (QED) is 0.0590. The summed E-state index contributed by atoms with van der Waals surface area (Å²) in [5.41, 5.74) is -6.35. The number of aliphatic hydroxyl groups excluding tert-OH is 4. The normalized spacial score (nSPS) is 48.9. The second-order valence-electron chi connectivity index (χ2n) is 26.9. The third-order valence-corrected chi connectivity index (χ3v) is 22.2. The molecule has 10 rings (SSSR count). The predicted molar refractivity (Wildman–Crippen MR) is 311 cm³/mol. The second-order valence-corrected chi connectivity index (χ2v) is 26.9. The Morgan fingerprint density at radius 2 is 1.10 bits per heavy atom. The third-order valence-electron chi connectivity index (χ3n) is 22.2. The molecule has 7 N–H and O–H groups in total. The summed E-state index contributed by atoms with van der Waals surface area (Å²) in [4.78, 5) is 27.0. The van der Waals surface area contributed by atoms with Crippen LogP contribution in [-0.4, -0.2) is 234 Å². The monoisotopic (exact) mass is 1250 g/mol. The van der Waals surface area contributed by atoms with Crippen LogP contribution in [0.3, 0.4) is 0 Å². The molecule has 23 heteroatoms. The third kappa shape index (κ3) is 12.4. The van der Waals surface area contributed by atoms with Crippen LogP contribution in [0.2, 0.25) is 0 Å². The Bertz CT molecular complexity index is 2590. The van der Waals surface area contributed by atoms with Crippen molar-refractivity contribution in [2.45, 2.75) is 277 Å². The summed E-state index contributed by atoms with van der Waals surface area (Å²) in [6.45, 7) is 12.1. The summed E-state index contributed by atoms with van der Waals surface area (Å²) in [6.07, 6.45) is -7.36. The molecule has 1 aromatic carbocycles.